The molecule has 4 heteroatoms. The van der Waals surface area contributed by atoms with Crippen molar-refractivity contribution in [1.29, 1.82) is 0 Å². The third kappa shape index (κ3) is 2.96. The molecule has 0 atom stereocenters. The highest BCUT2D eigenvalue weighted by Gasteiger charge is 2.06. The molecule has 0 heterocycles. The molecule has 0 bridgehead atoms. The average molecular weight is 260 g/mol. The van der Waals surface area contributed by atoms with E-state index < -0.39 is 0 Å². The Kier molecular flexibility index (Phi) is 3.90. The van der Waals surface area contributed by atoms with Crippen LogP contribution in [0.25, 0.3) is 0 Å². The highest BCUT2D eigenvalue weighted by Crippen LogP contribution is 2.31. The van der Waals surface area contributed by atoms with Gasteiger partial charge in [-0.3, -0.25) is 0 Å². The van der Waals surface area contributed by atoms with Crippen molar-refractivity contribution < 1.29 is 9.13 Å². The van der Waals surface area contributed by atoms with Crippen LogP contribution in [0.15, 0.2) is 36.4 Å². The number of ether oxygens (including phenoxy) is 1. The van der Waals surface area contributed by atoms with Crippen LogP contribution in [0.1, 0.15) is 12.5 Å². The number of para-hydroxylation sites is 1. The van der Waals surface area contributed by atoms with Crippen molar-refractivity contribution in [2.45, 2.75) is 13.8 Å². The van der Waals surface area contributed by atoms with Gasteiger partial charge in [0.2, 0.25) is 0 Å². The number of anilines is 3. The van der Waals surface area contributed by atoms with E-state index in [0.29, 0.717) is 35.0 Å². The van der Waals surface area contributed by atoms with Gasteiger partial charge in [0.25, 0.3) is 0 Å². The van der Waals surface area contributed by atoms with E-state index in [1.165, 1.54) is 6.07 Å². The second-order valence-corrected chi connectivity index (χ2v) is 4.24. The molecule has 0 aromatic heterocycles. The number of hydrogen-bond donors (Lipinski definition) is 2. The first-order valence-corrected chi connectivity index (χ1v) is 6.16. The fourth-order valence-electron chi connectivity index (χ4n) is 1.76. The summed E-state index contributed by atoms with van der Waals surface area (Å²) in [5.41, 5.74) is 8.49. The zero-order chi connectivity index (χ0) is 13.8. The zero-order valence-electron chi connectivity index (χ0n) is 11.0. The van der Waals surface area contributed by atoms with Gasteiger partial charge in [0.1, 0.15) is 11.6 Å². The normalized spacial score (nSPS) is 10.3. The zero-order valence-corrected chi connectivity index (χ0v) is 11.0. The lowest BCUT2D eigenvalue weighted by Crippen LogP contribution is -2.01. The summed E-state index contributed by atoms with van der Waals surface area (Å²) in [5.74, 6) is 0.379. The van der Waals surface area contributed by atoms with Gasteiger partial charge in [0, 0.05) is 5.69 Å². The number of hydrogen-bond acceptors (Lipinski definition) is 3. The molecule has 3 nitrogen and oxygen atoms in total. The Bertz CT molecular complexity index is 584. The summed E-state index contributed by atoms with van der Waals surface area (Å²) in [6, 6.07) is 10.5. The number of nitrogen functional groups attached to an aromatic ring is 1. The van der Waals surface area contributed by atoms with Gasteiger partial charge in [0.15, 0.2) is 0 Å². The monoisotopic (exact) mass is 260 g/mol. The molecule has 2 rings (SSSR count). The SMILES string of the molecule is CCOc1cccc(Nc2ccc(C)c(F)c2)c1N. The van der Waals surface area contributed by atoms with E-state index in [1.54, 1.807) is 19.1 Å². The van der Waals surface area contributed by atoms with E-state index in [0.717, 1.165) is 0 Å². The minimum absolute atomic E-state index is 0.246. The van der Waals surface area contributed by atoms with Gasteiger partial charge in [-0.25, -0.2) is 4.39 Å². The minimum Gasteiger partial charge on any atom is -0.492 e. The molecule has 100 valence electrons. The first-order chi connectivity index (χ1) is 9.11. The standard InChI is InChI=1S/C15H17FN2O/c1-3-19-14-6-4-5-13(15(14)17)18-11-8-7-10(2)12(16)9-11/h4-9,18H,3,17H2,1-2H3. The van der Waals surface area contributed by atoms with Crippen molar-refractivity contribution >= 4 is 17.1 Å². The Labute approximate surface area is 112 Å². The van der Waals surface area contributed by atoms with E-state index in [1.807, 2.05) is 25.1 Å². The summed E-state index contributed by atoms with van der Waals surface area (Å²) in [5, 5.41) is 3.09. The van der Waals surface area contributed by atoms with Crippen molar-refractivity contribution in [3.63, 3.8) is 0 Å². The maximum absolute atomic E-state index is 13.5. The molecule has 0 radical (unpaired) electrons. The van der Waals surface area contributed by atoms with Crippen LogP contribution in [-0.4, -0.2) is 6.61 Å². The second-order valence-electron chi connectivity index (χ2n) is 4.24. The predicted molar refractivity (Wildman–Crippen MR) is 76.4 cm³/mol. The van der Waals surface area contributed by atoms with Crippen LogP contribution in [0.2, 0.25) is 0 Å². The molecular formula is C15H17FN2O. The lowest BCUT2D eigenvalue weighted by atomic mass is 10.2. The van der Waals surface area contributed by atoms with Crippen LogP contribution in [0.4, 0.5) is 21.5 Å². The molecule has 0 spiro atoms. The summed E-state index contributed by atoms with van der Waals surface area (Å²) in [6.07, 6.45) is 0. The molecule has 0 fully saturated rings. The molecule has 2 aromatic rings. The van der Waals surface area contributed by atoms with Crippen LogP contribution >= 0.6 is 0 Å². The van der Waals surface area contributed by atoms with Gasteiger partial charge in [-0.2, -0.15) is 0 Å². The van der Waals surface area contributed by atoms with Crippen LogP contribution in [0.5, 0.6) is 5.75 Å². The predicted octanol–water partition coefficient (Wildman–Crippen LogP) is 3.86. The Hall–Kier alpha value is -2.23. The van der Waals surface area contributed by atoms with Crippen LogP contribution in [0, 0.1) is 12.7 Å². The van der Waals surface area contributed by atoms with Gasteiger partial charge in [-0.05, 0) is 43.7 Å². The van der Waals surface area contributed by atoms with Gasteiger partial charge < -0.3 is 15.8 Å². The van der Waals surface area contributed by atoms with E-state index in [9.17, 15) is 4.39 Å². The van der Waals surface area contributed by atoms with Crippen LogP contribution in [0.3, 0.4) is 0 Å². The topological polar surface area (TPSA) is 47.3 Å². The Morgan fingerprint density at radius 3 is 2.74 bits per heavy atom. The summed E-state index contributed by atoms with van der Waals surface area (Å²) in [4.78, 5) is 0. The highest BCUT2D eigenvalue weighted by atomic mass is 19.1. The number of halogens is 1. The average Bonchev–Trinajstić information content (AvgIpc) is 2.39. The first-order valence-electron chi connectivity index (χ1n) is 6.16. The molecule has 0 saturated heterocycles. The number of nitrogens with two attached hydrogens (primary N) is 1. The number of aryl methyl sites for hydroxylation is 1. The van der Waals surface area contributed by atoms with Crippen molar-refractivity contribution in [3.8, 4) is 5.75 Å². The fourth-order valence-corrected chi connectivity index (χ4v) is 1.76. The molecule has 3 N–H and O–H groups in total. The van der Waals surface area contributed by atoms with Gasteiger partial charge >= 0.3 is 0 Å². The smallest absolute Gasteiger partial charge is 0.144 e. The summed E-state index contributed by atoms with van der Waals surface area (Å²) in [7, 11) is 0. The maximum Gasteiger partial charge on any atom is 0.144 e. The van der Waals surface area contributed by atoms with Crippen molar-refractivity contribution in [1.82, 2.24) is 0 Å². The van der Waals surface area contributed by atoms with Crippen molar-refractivity contribution in [3.05, 3.63) is 47.8 Å². The first kappa shape index (κ1) is 13.2. The van der Waals surface area contributed by atoms with Crippen molar-refractivity contribution in [2.75, 3.05) is 17.7 Å². The van der Waals surface area contributed by atoms with Crippen LogP contribution < -0.4 is 15.8 Å². The van der Waals surface area contributed by atoms with E-state index in [4.69, 9.17) is 10.5 Å². The summed E-state index contributed by atoms with van der Waals surface area (Å²) < 4.78 is 18.9. The molecule has 0 aliphatic carbocycles. The number of rotatable bonds is 4. The molecule has 0 aliphatic rings. The molecule has 0 saturated carbocycles. The summed E-state index contributed by atoms with van der Waals surface area (Å²) >= 11 is 0. The largest absolute Gasteiger partial charge is 0.492 e. The minimum atomic E-state index is -0.246. The lowest BCUT2D eigenvalue weighted by molar-refractivity contribution is 0.342. The number of benzene rings is 2. The highest BCUT2D eigenvalue weighted by molar-refractivity contribution is 5.77. The van der Waals surface area contributed by atoms with E-state index >= 15 is 0 Å². The maximum atomic E-state index is 13.5. The molecular weight excluding hydrogens is 243 g/mol. The fraction of sp³-hybridized carbons (Fsp3) is 0.200. The molecule has 0 amide bonds. The van der Waals surface area contributed by atoms with Crippen LogP contribution in [-0.2, 0) is 0 Å². The van der Waals surface area contributed by atoms with E-state index in [-0.39, 0.29) is 5.82 Å². The Balaban J connectivity index is 2.27. The summed E-state index contributed by atoms with van der Waals surface area (Å²) in [6.45, 7) is 4.17. The second kappa shape index (κ2) is 5.61. The van der Waals surface area contributed by atoms with E-state index in [2.05, 4.69) is 5.32 Å². The Morgan fingerprint density at radius 1 is 1.26 bits per heavy atom. The van der Waals surface area contributed by atoms with Crippen molar-refractivity contribution in [2.24, 2.45) is 0 Å². The number of nitrogens with one attached hydrogen (secondary N) is 1. The molecule has 0 unspecified atom stereocenters. The van der Waals surface area contributed by atoms with Gasteiger partial charge in [-0.1, -0.05) is 12.1 Å². The third-order valence-corrected chi connectivity index (χ3v) is 2.82. The third-order valence-electron chi connectivity index (χ3n) is 2.82. The molecule has 0 aliphatic heterocycles. The Morgan fingerprint density at radius 2 is 2.05 bits per heavy atom. The molecule has 19 heavy (non-hydrogen) atoms. The van der Waals surface area contributed by atoms with Gasteiger partial charge in [0.05, 0.1) is 18.0 Å². The quantitative estimate of drug-likeness (QED) is 0.821. The lowest BCUT2D eigenvalue weighted by Gasteiger charge is -2.13. The van der Waals surface area contributed by atoms with Gasteiger partial charge in [-0.15, -0.1) is 0 Å². The molecule has 2 aromatic carbocycles.